The maximum Gasteiger partial charge on any atom is 0.253 e. The van der Waals surface area contributed by atoms with Gasteiger partial charge in [0.05, 0.1) is 0 Å². The van der Waals surface area contributed by atoms with E-state index in [0.717, 1.165) is 62.5 Å². The van der Waals surface area contributed by atoms with Crippen molar-refractivity contribution >= 4 is 5.91 Å². The molecule has 0 radical (unpaired) electrons. The Morgan fingerprint density at radius 2 is 1.71 bits per heavy atom. The maximum atomic E-state index is 12.6. The number of hydrogen-bond acceptors (Lipinski definition) is 3. The molecule has 2 heterocycles. The van der Waals surface area contributed by atoms with Crippen LogP contribution in [0, 0.1) is 6.92 Å². The first-order valence-electron chi connectivity index (χ1n) is 9.38. The molecule has 2 atom stereocenters. The lowest BCUT2D eigenvalue weighted by atomic mass is 10.1. The summed E-state index contributed by atoms with van der Waals surface area (Å²) in [5.41, 5.74) is 1.97. The van der Waals surface area contributed by atoms with Gasteiger partial charge in [0, 0.05) is 56.9 Å². The van der Waals surface area contributed by atoms with Gasteiger partial charge in [0.1, 0.15) is 0 Å². The summed E-state index contributed by atoms with van der Waals surface area (Å²) < 4.78 is 0. The van der Waals surface area contributed by atoms with E-state index in [0.29, 0.717) is 0 Å². The molecule has 2 aliphatic heterocycles. The Labute approximate surface area is 146 Å². The fraction of sp³-hybridized carbons (Fsp3) is 0.650. The standard InChI is InChI=1S/C20H31N3O/c1-16-5-4-6-19(15-16)20(24)22-12-9-21(10-13-22)11-14-23-17(2)7-8-18(23)3/h4-6,15,17-18H,7-14H2,1-3H3. The predicted molar refractivity (Wildman–Crippen MR) is 98.4 cm³/mol. The third kappa shape index (κ3) is 3.98. The highest BCUT2D eigenvalue weighted by molar-refractivity contribution is 5.94. The molecule has 0 bridgehead atoms. The molecule has 2 unspecified atom stereocenters. The maximum absolute atomic E-state index is 12.6. The Hall–Kier alpha value is -1.39. The first-order chi connectivity index (χ1) is 11.5. The molecule has 4 nitrogen and oxygen atoms in total. The summed E-state index contributed by atoms with van der Waals surface area (Å²) in [6, 6.07) is 9.38. The number of rotatable bonds is 4. The highest BCUT2D eigenvalue weighted by Gasteiger charge is 2.28. The molecule has 2 fully saturated rings. The smallest absolute Gasteiger partial charge is 0.253 e. The molecule has 132 valence electrons. The van der Waals surface area contributed by atoms with Crippen molar-refractivity contribution in [2.45, 2.75) is 45.7 Å². The second kappa shape index (κ2) is 7.66. The van der Waals surface area contributed by atoms with Crippen molar-refractivity contribution < 1.29 is 4.79 Å². The molecule has 0 N–H and O–H groups in total. The molecule has 4 heteroatoms. The fourth-order valence-electron chi connectivity index (χ4n) is 4.08. The quantitative estimate of drug-likeness (QED) is 0.850. The van der Waals surface area contributed by atoms with Crippen LogP contribution in [0.15, 0.2) is 24.3 Å². The van der Waals surface area contributed by atoms with E-state index in [1.807, 2.05) is 36.1 Å². The van der Waals surface area contributed by atoms with Crippen molar-refractivity contribution in [2.24, 2.45) is 0 Å². The number of piperazine rings is 1. The van der Waals surface area contributed by atoms with Crippen LogP contribution in [-0.2, 0) is 0 Å². The van der Waals surface area contributed by atoms with Crippen LogP contribution in [0.4, 0.5) is 0 Å². The van der Waals surface area contributed by atoms with Gasteiger partial charge < -0.3 is 4.90 Å². The van der Waals surface area contributed by atoms with Crippen molar-refractivity contribution in [1.82, 2.24) is 14.7 Å². The summed E-state index contributed by atoms with van der Waals surface area (Å²) in [6.45, 7) is 12.7. The largest absolute Gasteiger partial charge is 0.336 e. The van der Waals surface area contributed by atoms with E-state index in [2.05, 4.69) is 23.6 Å². The van der Waals surface area contributed by atoms with Crippen molar-refractivity contribution in [3.05, 3.63) is 35.4 Å². The minimum absolute atomic E-state index is 0.181. The number of benzene rings is 1. The zero-order valence-electron chi connectivity index (χ0n) is 15.4. The number of likely N-dealkylation sites (tertiary alicyclic amines) is 1. The first-order valence-corrected chi connectivity index (χ1v) is 9.38. The van der Waals surface area contributed by atoms with Gasteiger partial charge in [0.25, 0.3) is 5.91 Å². The van der Waals surface area contributed by atoms with Gasteiger partial charge in [0.2, 0.25) is 0 Å². The number of carbonyl (C=O) groups is 1. The van der Waals surface area contributed by atoms with E-state index in [-0.39, 0.29) is 5.91 Å². The summed E-state index contributed by atoms with van der Waals surface area (Å²) in [5.74, 6) is 0.181. The monoisotopic (exact) mass is 329 g/mol. The molecule has 1 aromatic carbocycles. The van der Waals surface area contributed by atoms with Crippen LogP contribution in [0.5, 0.6) is 0 Å². The van der Waals surface area contributed by atoms with E-state index in [4.69, 9.17) is 0 Å². The van der Waals surface area contributed by atoms with Gasteiger partial charge in [-0.05, 0) is 45.7 Å². The van der Waals surface area contributed by atoms with Gasteiger partial charge in [-0.3, -0.25) is 14.6 Å². The Balaban J connectivity index is 1.46. The number of hydrogen-bond donors (Lipinski definition) is 0. The molecule has 0 aromatic heterocycles. The molecule has 1 amide bonds. The molecule has 0 spiro atoms. The van der Waals surface area contributed by atoms with Gasteiger partial charge in [-0.15, -0.1) is 0 Å². The second-order valence-corrected chi connectivity index (χ2v) is 7.52. The molecule has 3 rings (SSSR count). The zero-order valence-corrected chi connectivity index (χ0v) is 15.4. The minimum Gasteiger partial charge on any atom is -0.336 e. The Morgan fingerprint density at radius 3 is 2.33 bits per heavy atom. The van der Waals surface area contributed by atoms with Crippen molar-refractivity contribution in [1.29, 1.82) is 0 Å². The average molecular weight is 329 g/mol. The molecule has 2 aliphatic rings. The third-order valence-corrected chi connectivity index (χ3v) is 5.73. The molecule has 24 heavy (non-hydrogen) atoms. The molecule has 2 saturated heterocycles. The van der Waals surface area contributed by atoms with Crippen LogP contribution in [0.2, 0.25) is 0 Å². The van der Waals surface area contributed by atoms with Gasteiger partial charge in [0.15, 0.2) is 0 Å². The predicted octanol–water partition coefficient (Wildman–Crippen LogP) is 2.63. The van der Waals surface area contributed by atoms with Gasteiger partial charge in [-0.1, -0.05) is 17.7 Å². The first kappa shape index (κ1) is 17.4. The molecular weight excluding hydrogens is 298 g/mol. The summed E-state index contributed by atoms with van der Waals surface area (Å²) in [4.78, 5) is 19.8. The van der Waals surface area contributed by atoms with Crippen LogP contribution in [0.1, 0.15) is 42.6 Å². The number of carbonyl (C=O) groups excluding carboxylic acids is 1. The van der Waals surface area contributed by atoms with Crippen LogP contribution >= 0.6 is 0 Å². The topological polar surface area (TPSA) is 26.8 Å². The third-order valence-electron chi connectivity index (χ3n) is 5.73. The average Bonchev–Trinajstić information content (AvgIpc) is 2.91. The zero-order chi connectivity index (χ0) is 17.1. The van der Waals surface area contributed by atoms with Gasteiger partial charge >= 0.3 is 0 Å². The highest BCUT2D eigenvalue weighted by atomic mass is 16.2. The number of aryl methyl sites for hydroxylation is 1. The van der Waals surface area contributed by atoms with E-state index < -0.39 is 0 Å². The van der Waals surface area contributed by atoms with Crippen LogP contribution < -0.4 is 0 Å². The lowest BCUT2D eigenvalue weighted by molar-refractivity contribution is 0.0614. The summed E-state index contributed by atoms with van der Waals surface area (Å²) in [6.07, 6.45) is 2.67. The van der Waals surface area contributed by atoms with Crippen molar-refractivity contribution in [3.63, 3.8) is 0 Å². The summed E-state index contributed by atoms with van der Waals surface area (Å²) in [5, 5.41) is 0. The molecule has 0 aliphatic carbocycles. The van der Waals surface area contributed by atoms with E-state index >= 15 is 0 Å². The minimum atomic E-state index is 0.181. The summed E-state index contributed by atoms with van der Waals surface area (Å²) in [7, 11) is 0. The highest BCUT2D eigenvalue weighted by Crippen LogP contribution is 2.23. The normalized spacial score (nSPS) is 26.0. The van der Waals surface area contributed by atoms with E-state index in [9.17, 15) is 4.79 Å². The Morgan fingerprint density at radius 1 is 1.04 bits per heavy atom. The van der Waals surface area contributed by atoms with Gasteiger partial charge in [-0.25, -0.2) is 0 Å². The summed E-state index contributed by atoms with van der Waals surface area (Å²) >= 11 is 0. The number of nitrogens with zero attached hydrogens (tertiary/aromatic N) is 3. The molecule has 0 saturated carbocycles. The number of amides is 1. The van der Waals surface area contributed by atoms with Crippen LogP contribution in [0.3, 0.4) is 0 Å². The fourth-order valence-corrected chi connectivity index (χ4v) is 4.08. The van der Waals surface area contributed by atoms with E-state index in [1.54, 1.807) is 0 Å². The lowest BCUT2D eigenvalue weighted by Gasteiger charge is -2.36. The molecule has 1 aromatic rings. The Bertz CT molecular complexity index is 556. The Kier molecular flexibility index (Phi) is 5.57. The van der Waals surface area contributed by atoms with Crippen molar-refractivity contribution in [3.8, 4) is 0 Å². The SMILES string of the molecule is Cc1cccc(C(=O)N2CCN(CCN3C(C)CCC3C)CC2)c1. The van der Waals surface area contributed by atoms with Gasteiger partial charge in [-0.2, -0.15) is 0 Å². The lowest BCUT2D eigenvalue weighted by Crippen LogP contribution is -2.50. The van der Waals surface area contributed by atoms with Crippen molar-refractivity contribution in [2.75, 3.05) is 39.3 Å². The van der Waals surface area contributed by atoms with Crippen LogP contribution in [-0.4, -0.2) is 72.0 Å². The van der Waals surface area contributed by atoms with E-state index in [1.165, 1.54) is 12.8 Å². The van der Waals surface area contributed by atoms with Crippen LogP contribution in [0.25, 0.3) is 0 Å². The second-order valence-electron chi connectivity index (χ2n) is 7.52. The molecular formula is C20H31N3O.